The number of nitrogens with zero attached hydrogens (tertiary/aromatic N) is 6. The number of nitrogens with one attached hydrogen (secondary N) is 3. The van der Waals surface area contributed by atoms with Gasteiger partial charge in [-0.15, -0.1) is 0 Å². The standard InChI is InChI=1S/C52H69N9O8/c1-11-31(5)58(9)48(65)36-21-35(25-53-26-36)46-39-24-52(6,7)29-69-51(68)40-14-13-17-61(56-40)50(67)41(55-47(64)45(30(3)4)59(10)44(63)28-57(8)49(66)42-27-54-42)20-32-18-34(22-37(62)19-32)33-15-16-43(38(39)23-33)60(46)12-2/h15-16,18-19,21-23,25-26,30-31,40-42,45,54,56,62H,11-14,17,20,24,27-29H2,1-10H3,(H,55,64)/t31?,40-,41-,42+,45-/m0/s1. The Hall–Kier alpha value is -6.33. The van der Waals surface area contributed by atoms with E-state index in [0.29, 0.717) is 49.0 Å². The Labute approximate surface area is 404 Å². The number of benzene rings is 2. The van der Waals surface area contributed by atoms with Crippen molar-refractivity contribution in [3.05, 3.63) is 71.5 Å². The molecule has 2 aromatic carbocycles. The first-order chi connectivity index (χ1) is 32.7. The number of rotatable bonds is 12. The molecule has 2 fully saturated rings. The summed E-state index contributed by atoms with van der Waals surface area (Å²) in [6.07, 6.45) is 5.52. The van der Waals surface area contributed by atoms with Gasteiger partial charge >= 0.3 is 5.97 Å². The van der Waals surface area contributed by atoms with Crippen molar-refractivity contribution in [2.24, 2.45) is 11.3 Å². The number of phenols is 1. The van der Waals surface area contributed by atoms with Crippen LogP contribution in [0, 0.1) is 11.3 Å². The van der Waals surface area contributed by atoms with Crippen LogP contribution in [0.3, 0.4) is 0 Å². The lowest BCUT2D eigenvalue weighted by molar-refractivity contribution is -0.155. The van der Waals surface area contributed by atoms with Gasteiger partial charge in [-0.25, -0.2) is 5.43 Å². The van der Waals surface area contributed by atoms with Gasteiger partial charge in [0, 0.05) is 87.5 Å². The first kappa shape index (κ1) is 50.5. The molecule has 1 unspecified atom stereocenters. The first-order valence-electron chi connectivity index (χ1n) is 24.2. The quantitative estimate of drug-likeness (QED) is 0.115. The Balaban J connectivity index is 1.30. The van der Waals surface area contributed by atoms with E-state index in [9.17, 15) is 33.9 Å². The van der Waals surface area contributed by atoms with Crippen LogP contribution < -0.4 is 16.1 Å². The predicted molar refractivity (Wildman–Crippen MR) is 263 cm³/mol. The van der Waals surface area contributed by atoms with E-state index in [1.165, 1.54) is 21.9 Å². The van der Waals surface area contributed by atoms with E-state index in [4.69, 9.17) is 4.74 Å². The number of aromatic hydroxyl groups is 1. The van der Waals surface area contributed by atoms with Gasteiger partial charge < -0.3 is 39.7 Å². The van der Waals surface area contributed by atoms with Crippen molar-refractivity contribution in [1.29, 1.82) is 0 Å². The molecule has 4 N–H and O–H groups in total. The topological polar surface area (TPSA) is 209 Å². The fraction of sp³-hybridized carbons (Fsp3) is 0.519. The summed E-state index contributed by atoms with van der Waals surface area (Å²) in [5.74, 6) is -2.79. The smallest absolute Gasteiger partial charge is 0.324 e. The van der Waals surface area contributed by atoms with Gasteiger partial charge in [-0.1, -0.05) is 46.8 Å². The zero-order valence-electron chi connectivity index (χ0n) is 41.7. The predicted octanol–water partition coefficient (Wildman–Crippen LogP) is 4.53. The average molecular weight is 948 g/mol. The molecule has 0 radical (unpaired) electrons. The molecule has 3 aliphatic heterocycles. The summed E-state index contributed by atoms with van der Waals surface area (Å²) in [5, 5.41) is 19.5. The number of phenolic OH excluding ortho intramolecular Hbond substituents is 1. The zero-order valence-corrected chi connectivity index (χ0v) is 41.7. The fourth-order valence-corrected chi connectivity index (χ4v) is 9.63. The molecule has 2 saturated heterocycles. The summed E-state index contributed by atoms with van der Waals surface area (Å²) in [5.41, 5.74) is 8.60. The molecule has 6 bridgehead atoms. The minimum Gasteiger partial charge on any atom is -0.508 e. The summed E-state index contributed by atoms with van der Waals surface area (Å²) in [6.45, 7) is 15.0. The Morgan fingerprint density at radius 1 is 0.971 bits per heavy atom. The average Bonchev–Trinajstić information content (AvgIpc) is 4.14. The summed E-state index contributed by atoms with van der Waals surface area (Å²) in [7, 11) is 4.86. The SMILES string of the molecule is CCC(C)N(C)C(=O)c1cncc(-c2c3c4cc(ccc4n2CC)-c2cc(O)cc(c2)C[C@H](NC(=O)[C@H](C(C)C)N(C)C(=O)CN(C)C(=O)[C@H]2CN2)C(=O)N2CCC[C@H](N2)C(=O)OCC(C)(C)C3)c1. The summed E-state index contributed by atoms with van der Waals surface area (Å²) < 4.78 is 8.31. The van der Waals surface area contributed by atoms with Crippen LogP contribution in [0.15, 0.2) is 54.9 Å². The molecule has 0 aliphatic carbocycles. The van der Waals surface area contributed by atoms with Crippen LogP contribution in [0.25, 0.3) is 33.3 Å². The normalized spacial score (nSPS) is 20.1. The molecular weight excluding hydrogens is 879 g/mol. The number of amides is 5. The highest BCUT2D eigenvalue weighted by Gasteiger charge is 2.39. The number of hydrazine groups is 1. The van der Waals surface area contributed by atoms with Crippen molar-refractivity contribution in [3.8, 4) is 28.1 Å². The number of hydrogen-bond acceptors (Lipinski definition) is 11. The van der Waals surface area contributed by atoms with Crippen molar-refractivity contribution in [3.63, 3.8) is 0 Å². The minimum absolute atomic E-state index is 0.0349. The van der Waals surface area contributed by atoms with E-state index in [2.05, 4.69) is 38.6 Å². The molecule has 2 aromatic heterocycles. The molecule has 4 aromatic rings. The molecule has 0 spiro atoms. The van der Waals surface area contributed by atoms with Gasteiger partial charge in [0.1, 0.15) is 23.9 Å². The Bertz CT molecular complexity index is 2620. The molecule has 5 heterocycles. The number of fused-ring (bicyclic) bond motifs is 6. The van der Waals surface area contributed by atoms with Crippen molar-refractivity contribution in [1.82, 2.24) is 45.3 Å². The third-order valence-corrected chi connectivity index (χ3v) is 13.8. The highest BCUT2D eigenvalue weighted by atomic mass is 16.5. The zero-order chi connectivity index (χ0) is 50.1. The van der Waals surface area contributed by atoms with Crippen LogP contribution in [-0.4, -0.2) is 147 Å². The Morgan fingerprint density at radius 2 is 1.71 bits per heavy atom. The number of pyridine rings is 1. The summed E-state index contributed by atoms with van der Waals surface area (Å²) in [4.78, 5) is 92.0. The third-order valence-electron chi connectivity index (χ3n) is 13.8. The van der Waals surface area contributed by atoms with Crippen molar-refractivity contribution in [2.45, 2.75) is 117 Å². The van der Waals surface area contributed by atoms with E-state index in [1.807, 2.05) is 52.0 Å². The second kappa shape index (κ2) is 20.7. The number of esters is 1. The van der Waals surface area contributed by atoms with E-state index in [1.54, 1.807) is 57.4 Å². The van der Waals surface area contributed by atoms with Gasteiger partial charge in [-0.3, -0.25) is 38.8 Å². The highest BCUT2D eigenvalue weighted by molar-refractivity contribution is 5.98. The number of aromatic nitrogens is 2. The summed E-state index contributed by atoms with van der Waals surface area (Å²) in [6, 6.07) is 9.80. The molecule has 69 heavy (non-hydrogen) atoms. The monoisotopic (exact) mass is 948 g/mol. The largest absolute Gasteiger partial charge is 0.508 e. The summed E-state index contributed by atoms with van der Waals surface area (Å²) >= 11 is 0. The van der Waals surface area contributed by atoms with Gasteiger partial charge in [0.2, 0.25) is 17.7 Å². The molecule has 370 valence electrons. The number of cyclic esters (lactones) is 1. The fourth-order valence-electron chi connectivity index (χ4n) is 9.63. The molecule has 5 amide bonds. The van der Waals surface area contributed by atoms with E-state index in [-0.39, 0.29) is 61.7 Å². The number of carbonyl (C=O) groups excluding carboxylic acids is 6. The number of likely N-dealkylation sites (N-methyl/N-ethyl adjacent to an activating group) is 2. The van der Waals surface area contributed by atoms with E-state index in [0.717, 1.165) is 39.7 Å². The van der Waals surface area contributed by atoms with Crippen LogP contribution in [0.4, 0.5) is 0 Å². The number of hydrogen-bond donors (Lipinski definition) is 4. The molecule has 0 saturated carbocycles. The molecular formula is C52H69N9O8. The van der Waals surface area contributed by atoms with Gasteiger partial charge in [-0.05, 0) is 98.0 Å². The molecule has 3 aliphatic rings. The second-order valence-corrected chi connectivity index (χ2v) is 20.2. The Morgan fingerprint density at radius 3 is 2.39 bits per heavy atom. The molecule has 7 rings (SSSR count). The van der Waals surface area contributed by atoms with E-state index >= 15 is 0 Å². The highest BCUT2D eigenvalue weighted by Crippen LogP contribution is 2.41. The van der Waals surface area contributed by atoms with Crippen LogP contribution in [-0.2, 0) is 48.1 Å². The number of carbonyl (C=O) groups is 6. The van der Waals surface area contributed by atoms with Gasteiger partial charge in [0.05, 0.1) is 30.5 Å². The van der Waals surface area contributed by atoms with Gasteiger partial charge in [-0.2, -0.15) is 0 Å². The third kappa shape index (κ3) is 11.1. The maximum atomic E-state index is 14.7. The van der Waals surface area contributed by atoms with Gasteiger partial charge in [0.15, 0.2) is 0 Å². The number of aryl methyl sites for hydroxylation is 1. The second-order valence-electron chi connectivity index (χ2n) is 20.2. The first-order valence-corrected chi connectivity index (χ1v) is 24.2. The maximum Gasteiger partial charge on any atom is 0.324 e. The van der Waals surface area contributed by atoms with Crippen molar-refractivity contribution < 1.29 is 38.6 Å². The van der Waals surface area contributed by atoms with Crippen LogP contribution in [0.5, 0.6) is 5.75 Å². The van der Waals surface area contributed by atoms with Gasteiger partial charge in [0.25, 0.3) is 11.8 Å². The van der Waals surface area contributed by atoms with Crippen LogP contribution >= 0.6 is 0 Å². The minimum atomic E-state index is -1.20. The van der Waals surface area contributed by atoms with Crippen molar-refractivity contribution in [2.75, 3.05) is 47.4 Å². The van der Waals surface area contributed by atoms with Crippen LogP contribution in [0.1, 0.15) is 89.2 Å². The van der Waals surface area contributed by atoms with E-state index < -0.39 is 47.2 Å². The lowest BCUT2D eigenvalue weighted by Crippen LogP contribution is -2.62. The Kier molecular flexibility index (Phi) is 15.2. The molecule has 5 atom stereocenters. The maximum absolute atomic E-state index is 14.7. The number of ether oxygens (including phenoxy) is 1. The lowest BCUT2D eigenvalue weighted by atomic mass is 9.84. The molecule has 17 nitrogen and oxygen atoms in total. The lowest BCUT2D eigenvalue weighted by Gasteiger charge is -2.37. The van der Waals surface area contributed by atoms with Crippen LogP contribution in [0.2, 0.25) is 0 Å². The van der Waals surface area contributed by atoms with Crippen molar-refractivity contribution >= 4 is 46.4 Å². The molecule has 17 heteroatoms.